The van der Waals surface area contributed by atoms with Crippen LogP contribution in [-0.4, -0.2) is 33.6 Å². The Morgan fingerprint density at radius 3 is 2.55 bits per heavy atom. The van der Waals surface area contributed by atoms with Crippen LogP contribution in [0.4, 0.5) is 0 Å². The van der Waals surface area contributed by atoms with E-state index in [0.29, 0.717) is 24.5 Å². The summed E-state index contributed by atoms with van der Waals surface area (Å²) in [7, 11) is -1.37. The van der Waals surface area contributed by atoms with Crippen LogP contribution in [0.15, 0.2) is 18.2 Å². The first-order valence-electron chi connectivity index (χ1n) is 6.66. The van der Waals surface area contributed by atoms with Gasteiger partial charge in [-0.1, -0.05) is 13.0 Å². The second-order valence-corrected chi connectivity index (χ2v) is 7.11. The van der Waals surface area contributed by atoms with E-state index in [1.807, 2.05) is 19.1 Å². The van der Waals surface area contributed by atoms with E-state index in [9.17, 15) is 8.42 Å². The Bertz CT molecular complexity index is 526. The van der Waals surface area contributed by atoms with Crippen molar-refractivity contribution in [3.63, 3.8) is 0 Å². The quantitative estimate of drug-likeness (QED) is 0.742. The summed E-state index contributed by atoms with van der Waals surface area (Å²) in [6.07, 6.45) is 0.467. The molecule has 0 bridgehead atoms. The van der Waals surface area contributed by atoms with Crippen molar-refractivity contribution >= 4 is 9.84 Å². The first-order chi connectivity index (χ1) is 9.39. The van der Waals surface area contributed by atoms with E-state index in [-0.39, 0.29) is 17.5 Å². The minimum absolute atomic E-state index is 0.0763. The summed E-state index contributed by atoms with van der Waals surface area (Å²) in [5.41, 5.74) is 6.77. The highest BCUT2D eigenvalue weighted by molar-refractivity contribution is 7.91. The van der Waals surface area contributed by atoms with Crippen LogP contribution in [0.5, 0.6) is 11.5 Å². The van der Waals surface area contributed by atoms with Gasteiger partial charge in [0.15, 0.2) is 11.5 Å². The van der Waals surface area contributed by atoms with Crippen molar-refractivity contribution in [2.45, 2.75) is 26.3 Å². The van der Waals surface area contributed by atoms with Crippen LogP contribution in [0.25, 0.3) is 0 Å². The predicted molar refractivity (Wildman–Crippen MR) is 80.0 cm³/mol. The monoisotopic (exact) mass is 301 g/mol. The molecule has 1 aromatic rings. The Balaban J connectivity index is 2.60. The maximum absolute atomic E-state index is 11.4. The molecule has 114 valence electrons. The molecule has 20 heavy (non-hydrogen) atoms. The fourth-order valence-corrected chi connectivity index (χ4v) is 2.54. The Labute approximate surface area is 121 Å². The van der Waals surface area contributed by atoms with Crippen molar-refractivity contribution in [2.24, 2.45) is 5.73 Å². The van der Waals surface area contributed by atoms with E-state index in [1.54, 1.807) is 20.1 Å². The van der Waals surface area contributed by atoms with Gasteiger partial charge in [-0.05, 0) is 31.0 Å². The van der Waals surface area contributed by atoms with E-state index in [2.05, 4.69) is 0 Å². The van der Waals surface area contributed by atoms with Crippen molar-refractivity contribution in [1.29, 1.82) is 0 Å². The number of hydrogen-bond donors (Lipinski definition) is 1. The summed E-state index contributed by atoms with van der Waals surface area (Å²) < 4.78 is 33.5. The molecule has 1 unspecified atom stereocenters. The standard InChI is InChI=1S/C14H23NO4S/c1-4-20(16,17)9-5-8-19-13-7-6-12(11(2)15)10-14(13)18-3/h6-7,10-11H,4-5,8-9,15H2,1-3H3. The molecular weight excluding hydrogens is 278 g/mol. The fraction of sp³-hybridized carbons (Fsp3) is 0.571. The van der Waals surface area contributed by atoms with Gasteiger partial charge in [0.1, 0.15) is 9.84 Å². The molecule has 1 aromatic carbocycles. The number of methoxy groups -OCH3 is 1. The molecule has 2 N–H and O–H groups in total. The van der Waals surface area contributed by atoms with E-state index in [0.717, 1.165) is 5.56 Å². The van der Waals surface area contributed by atoms with Crippen molar-refractivity contribution in [3.05, 3.63) is 23.8 Å². The molecule has 1 rings (SSSR count). The number of benzene rings is 1. The zero-order chi connectivity index (χ0) is 15.2. The third-order valence-electron chi connectivity index (χ3n) is 3.01. The molecule has 0 aliphatic rings. The Morgan fingerprint density at radius 2 is 2.00 bits per heavy atom. The number of rotatable bonds is 8. The third kappa shape index (κ3) is 5.02. The van der Waals surface area contributed by atoms with Gasteiger partial charge in [-0.25, -0.2) is 8.42 Å². The molecule has 1 atom stereocenters. The molecule has 0 aliphatic carbocycles. The zero-order valence-electron chi connectivity index (χ0n) is 12.3. The fourth-order valence-electron chi connectivity index (χ4n) is 1.69. The van der Waals surface area contributed by atoms with Crippen molar-refractivity contribution in [3.8, 4) is 11.5 Å². The van der Waals surface area contributed by atoms with Crippen molar-refractivity contribution in [1.82, 2.24) is 0 Å². The highest BCUT2D eigenvalue weighted by Gasteiger charge is 2.10. The van der Waals surface area contributed by atoms with Crippen LogP contribution >= 0.6 is 0 Å². The molecule has 0 saturated heterocycles. The van der Waals surface area contributed by atoms with Gasteiger partial charge in [0.25, 0.3) is 0 Å². The summed E-state index contributed by atoms with van der Waals surface area (Å²) in [6.45, 7) is 3.88. The lowest BCUT2D eigenvalue weighted by molar-refractivity contribution is 0.294. The molecule has 0 radical (unpaired) electrons. The average Bonchev–Trinajstić information content (AvgIpc) is 2.43. The minimum atomic E-state index is -2.94. The Kier molecular flexibility index (Phi) is 6.29. The minimum Gasteiger partial charge on any atom is -0.493 e. The van der Waals surface area contributed by atoms with E-state index < -0.39 is 9.84 Å². The van der Waals surface area contributed by atoms with Gasteiger partial charge < -0.3 is 15.2 Å². The van der Waals surface area contributed by atoms with Gasteiger partial charge >= 0.3 is 0 Å². The van der Waals surface area contributed by atoms with Gasteiger partial charge in [-0.2, -0.15) is 0 Å². The largest absolute Gasteiger partial charge is 0.493 e. The van der Waals surface area contributed by atoms with E-state index in [1.165, 1.54) is 0 Å². The van der Waals surface area contributed by atoms with Gasteiger partial charge in [0.05, 0.1) is 19.5 Å². The van der Waals surface area contributed by atoms with Gasteiger partial charge in [0, 0.05) is 11.8 Å². The van der Waals surface area contributed by atoms with Crippen LogP contribution < -0.4 is 15.2 Å². The van der Waals surface area contributed by atoms with Crippen LogP contribution in [-0.2, 0) is 9.84 Å². The molecule has 0 aliphatic heterocycles. The van der Waals surface area contributed by atoms with Crippen molar-refractivity contribution in [2.75, 3.05) is 25.2 Å². The Morgan fingerprint density at radius 1 is 1.30 bits per heavy atom. The number of hydrogen-bond acceptors (Lipinski definition) is 5. The molecule has 5 nitrogen and oxygen atoms in total. The number of ether oxygens (including phenoxy) is 2. The SMILES string of the molecule is CCS(=O)(=O)CCCOc1ccc(C(C)N)cc1OC. The average molecular weight is 301 g/mol. The normalized spacial score (nSPS) is 13.0. The lowest BCUT2D eigenvalue weighted by atomic mass is 10.1. The lowest BCUT2D eigenvalue weighted by Gasteiger charge is -2.13. The first kappa shape index (κ1) is 16.8. The molecule has 0 spiro atoms. The number of nitrogens with two attached hydrogens (primary N) is 1. The van der Waals surface area contributed by atoms with Gasteiger partial charge in [-0.3, -0.25) is 0 Å². The maximum Gasteiger partial charge on any atom is 0.161 e. The molecule has 6 heteroatoms. The smallest absolute Gasteiger partial charge is 0.161 e. The summed E-state index contributed by atoms with van der Waals surface area (Å²) >= 11 is 0. The number of sulfone groups is 1. The summed E-state index contributed by atoms with van der Waals surface area (Å²) in [5, 5.41) is 0. The molecule has 0 heterocycles. The van der Waals surface area contributed by atoms with Crippen LogP contribution in [0.3, 0.4) is 0 Å². The van der Waals surface area contributed by atoms with Crippen LogP contribution in [0.1, 0.15) is 31.9 Å². The van der Waals surface area contributed by atoms with Gasteiger partial charge in [0.2, 0.25) is 0 Å². The Hall–Kier alpha value is -1.27. The highest BCUT2D eigenvalue weighted by Crippen LogP contribution is 2.29. The van der Waals surface area contributed by atoms with Crippen molar-refractivity contribution < 1.29 is 17.9 Å². The molecule has 0 fully saturated rings. The predicted octanol–water partition coefficient (Wildman–Crippen LogP) is 1.92. The van der Waals surface area contributed by atoms with Gasteiger partial charge in [-0.15, -0.1) is 0 Å². The molecular formula is C14H23NO4S. The van der Waals surface area contributed by atoms with Crippen LogP contribution in [0, 0.1) is 0 Å². The zero-order valence-corrected chi connectivity index (χ0v) is 13.1. The molecule has 0 saturated carbocycles. The highest BCUT2D eigenvalue weighted by atomic mass is 32.2. The second kappa shape index (κ2) is 7.50. The van der Waals surface area contributed by atoms with E-state index in [4.69, 9.17) is 15.2 Å². The molecule has 0 aromatic heterocycles. The maximum atomic E-state index is 11.4. The van der Waals surface area contributed by atoms with E-state index >= 15 is 0 Å². The summed E-state index contributed by atoms with van der Waals surface area (Å²) in [4.78, 5) is 0. The van der Waals surface area contributed by atoms with Crippen LogP contribution in [0.2, 0.25) is 0 Å². The second-order valence-electron chi connectivity index (χ2n) is 4.64. The lowest BCUT2D eigenvalue weighted by Crippen LogP contribution is -2.12. The topological polar surface area (TPSA) is 78.6 Å². The summed E-state index contributed by atoms with van der Waals surface area (Å²) in [6, 6.07) is 5.44. The first-order valence-corrected chi connectivity index (χ1v) is 8.48. The third-order valence-corrected chi connectivity index (χ3v) is 4.80. The summed E-state index contributed by atoms with van der Waals surface area (Å²) in [5.74, 6) is 1.52. The molecule has 0 amide bonds.